The lowest BCUT2D eigenvalue weighted by molar-refractivity contribution is -0.140. The molecule has 0 saturated carbocycles. The van der Waals surface area contributed by atoms with Crippen LogP contribution in [0.5, 0.6) is 0 Å². The topological polar surface area (TPSA) is 54.5 Å². The molecule has 0 aliphatic heterocycles. The maximum Gasteiger partial charge on any atom is 0.435 e. The van der Waals surface area contributed by atoms with Gasteiger partial charge in [-0.25, -0.2) is 9.67 Å². The number of halogens is 5. The van der Waals surface area contributed by atoms with Crippen LogP contribution in [0.2, 0.25) is 10.0 Å². The second-order valence-electron chi connectivity index (χ2n) is 4.53. The maximum absolute atomic E-state index is 13.2. The molecule has 2 aromatic heterocycles. The Kier molecular flexibility index (Phi) is 3.66. The lowest BCUT2D eigenvalue weighted by Gasteiger charge is -2.05. The van der Waals surface area contributed by atoms with E-state index in [0.29, 0.717) is 0 Å². The number of hydrogen-bond acceptors (Lipinski definition) is 3. The summed E-state index contributed by atoms with van der Waals surface area (Å²) in [6.45, 7) is 0. The molecule has 0 fully saturated rings. The molecule has 0 aliphatic rings. The Hall–Kier alpha value is -2.30. The van der Waals surface area contributed by atoms with Crippen molar-refractivity contribution in [2.24, 2.45) is 0 Å². The number of nitrogens with zero attached hydrogens (tertiary/aromatic N) is 4. The van der Waals surface area contributed by atoms with E-state index in [9.17, 15) is 13.2 Å². The van der Waals surface area contributed by atoms with Gasteiger partial charge >= 0.3 is 6.18 Å². The lowest BCUT2D eigenvalue weighted by Crippen LogP contribution is -2.08. The zero-order valence-corrected chi connectivity index (χ0v) is 12.6. The number of nitriles is 1. The van der Waals surface area contributed by atoms with Gasteiger partial charge in [-0.1, -0.05) is 23.2 Å². The van der Waals surface area contributed by atoms with E-state index in [2.05, 4.69) is 10.1 Å². The van der Waals surface area contributed by atoms with Crippen molar-refractivity contribution in [3.8, 4) is 11.8 Å². The van der Waals surface area contributed by atoms with Crippen LogP contribution in [-0.2, 0) is 6.18 Å². The van der Waals surface area contributed by atoms with E-state index < -0.39 is 11.9 Å². The summed E-state index contributed by atoms with van der Waals surface area (Å²) in [6, 6.07) is 7.30. The third kappa shape index (κ3) is 2.60. The highest BCUT2D eigenvalue weighted by Gasteiger charge is 2.38. The molecule has 23 heavy (non-hydrogen) atoms. The van der Waals surface area contributed by atoms with E-state index in [1.54, 1.807) is 0 Å². The van der Waals surface area contributed by atoms with Crippen LogP contribution in [0.1, 0.15) is 11.3 Å². The Balaban J connectivity index is 2.36. The summed E-state index contributed by atoms with van der Waals surface area (Å²) in [5.41, 5.74) is -0.777. The van der Waals surface area contributed by atoms with Gasteiger partial charge in [0.25, 0.3) is 0 Å². The first-order valence-corrected chi connectivity index (χ1v) is 6.89. The zero-order chi connectivity index (χ0) is 16.8. The summed E-state index contributed by atoms with van der Waals surface area (Å²) >= 11 is 11.9. The van der Waals surface area contributed by atoms with Gasteiger partial charge in [0.1, 0.15) is 0 Å². The molecule has 0 N–H and O–H groups in total. The van der Waals surface area contributed by atoms with Crippen LogP contribution in [-0.4, -0.2) is 14.8 Å². The van der Waals surface area contributed by atoms with Crippen molar-refractivity contribution in [1.29, 1.82) is 5.26 Å². The average Bonchev–Trinajstić information content (AvgIpc) is 2.88. The molecule has 3 aromatic rings. The highest BCUT2D eigenvalue weighted by molar-refractivity contribution is 6.35. The molecule has 0 atom stereocenters. The van der Waals surface area contributed by atoms with Crippen LogP contribution in [0.3, 0.4) is 0 Å². The van der Waals surface area contributed by atoms with Crippen molar-refractivity contribution in [3.63, 3.8) is 0 Å². The second-order valence-corrected chi connectivity index (χ2v) is 5.34. The van der Waals surface area contributed by atoms with Gasteiger partial charge in [-0.2, -0.15) is 23.5 Å². The smallest absolute Gasteiger partial charge is 0.236 e. The zero-order valence-electron chi connectivity index (χ0n) is 11.1. The standard InChI is InChI=1S/C14H5Cl2F3N4/c15-8-3-4-21-13-11(8)12(14(17,18)19)22-23(13)10-2-1-7(6-20)5-9(10)16/h1-5H. The third-order valence-electron chi connectivity index (χ3n) is 3.09. The molecule has 2 heterocycles. The Morgan fingerprint density at radius 1 is 1.13 bits per heavy atom. The van der Waals surface area contributed by atoms with Crippen molar-refractivity contribution in [3.05, 3.63) is 51.8 Å². The molecule has 0 spiro atoms. The van der Waals surface area contributed by atoms with Crippen molar-refractivity contribution < 1.29 is 13.2 Å². The van der Waals surface area contributed by atoms with Crippen molar-refractivity contribution in [1.82, 2.24) is 14.8 Å². The molecule has 0 unspecified atom stereocenters. The molecule has 0 saturated heterocycles. The van der Waals surface area contributed by atoms with E-state index in [4.69, 9.17) is 28.5 Å². The minimum absolute atomic E-state index is 0.0727. The van der Waals surface area contributed by atoms with Crippen molar-refractivity contribution in [2.45, 2.75) is 6.18 Å². The minimum Gasteiger partial charge on any atom is -0.236 e. The largest absolute Gasteiger partial charge is 0.435 e. The average molecular weight is 357 g/mol. The Bertz CT molecular complexity index is 957. The van der Waals surface area contributed by atoms with Gasteiger partial charge in [-0.05, 0) is 24.3 Å². The Labute approximate surface area is 137 Å². The number of fused-ring (bicyclic) bond motifs is 1. The summed E-state index contributed by atoms with van der Waals surface area (Å²) in [6.07, 6.45) is -3.42. The molecule has 3 rings (SSSR count). The molecule has 0 amide bonds. The molecular weight excluding hydrogens is 352 g/mol. The first kappa shape index (κ1) is 15.6. The monoisotopic (exact) mass is 356 g/mol. The third-order valence-corrected chi connectivity index (χ3v) is 3.71. The van der Waals surface area contributed by atoms with Crippen LogP contribution in [0, 0.1) is 11.3 Å². The molecule has 116 valence electrons. The van der Waals surface area contributed by atoms with E-state index >= 15 is 0 Å². The number of benzene rings is 1. The minimum atomic E-state index is -4.70. The van der Waals surface area contributed by atoms with Crippen molar-refractivity contribution in [2.75, 3.05) is 0 Å². The molecule has 9 heteroatoms. The molecule has 4 nitrogen and oxygen atoms in total. The summed E-state index contributed by atoms with van der Waals surface area (Å²) in [5.74, 6) is 0. The molecule has 1 aromatic carbocycles. The van der Waals surface area contributed by atoms with Gasteiger partial charge in [-0.15, -0.1) is 0 Å². The van der Waals surface area contributed by atoms with Gasteiger partial charge in [0, 0.05) is 6.20 Å². The SMILES string of the molecule is N#Cc1ccc(-n2nc(C(F)(F)F)c3c(Cl)ccnc32)c(Cl)c1. The molecule has 0 aliphatic carbocycles. The van der Waals surface area contributed by atoms with E-state index in [-0.39, 0.29) is 32.3 Å². The predicted molar refractivity (Wildman–Crippen MR) is 78.6 cm³/mol. The second kappa shape index (κ2) is 5.41. The van der Waals surface area contributed by atoms with Gasteiger partial charge in [0.15, 0.2) is 11.3 Å². The van der Waals surface area contributed by atoms with Gasteiger partial charge in [0.05, 0.1) is 32.8 Å². The van der Waals surface area contributed by atoms with E-state index in [1.165, 1.54) is 30.5 Å². The normalized spacial score (nSPS) is 11.7. The lowest BCUT2D eigenvalue weighted by atomic mass is 10.2. The van der Waals surface area contributed by atoms with Gasteiger partial charge in [-0.3, -0.25) is 0 Å². The molecule has 0 radical (unpaired) electrons. The van der Waals surface area contributed by atoms with E-state index in [1.807, 2.05) is 6.07 Å². The highest BCUT2D eigenvalue weighted by atomic mass is 35.5. The molecule has 0 bridgehead atoms. The molecular formula is C14H5Cl2F3N4. The fourth-order valence-corrected chi connectivity index (χ4v) is 2.61. The van der Waals surface area contributed by atoms with Crippen molar-refractivity contribution >= 4 is 34.2 Å². The maximum atomic E-state index is 13.2. The van der Waals surface area contributed by atoms with Crippen LogP contribution in [0.25, 0.3) is 16.7 Å². The number of aromatic nitrogens is 3. The fourth-order valence-electron chi connectivity index (χ4n) is 2.12. The van der Waals surface area contributed by atoms with Gasteiger partial charge < -0.3 is 0 Å². The van der Waals surface area contributed by atoms with Gasteiger partial charge in [0.2, 0.25) is 0 Å². The fraction of sp³-hybridized carbons (Fsp3) is 0.0714. The number of rotatable bonds is 1. The van der Waals surface area contributed by atoms with Crippen LogP contribution >= 0.6 is 23.2 Å². The quantitative estimate of drug-likeness (QED) is 0.639. The summed E-state index contributed by atoms with van der Waals surface area (Å²) < 4.78 is 40.6. The Morgan fingerprint density at radius 2 is 1.87 bits per heavy atom. The summed E-state index contributed by atoms with van der Waals surface area (Å²) in [5, 5.41) is 12.1. The number of hydrogen-bond donors (Lipinski definition) is 0. The Morgan fingerprint density at radius 3 is 2.48 bits per heavy atom. The summed E-state index contributed by atoms with van der Waals surface area (Å²) in [4.78, 5) is 3.93. The van der Waals surface area contributed by atoms with E-state index in [0.717, 1.165) is 4.68 Å². The predicted octanol–water partition coefficient (Wildman–Crippen LogP) is 4.62. The first-order chi connectivity index (χ1) is 10.8. The van der Waals surface area contributed by atoms with Crippen LogP contribution in [0.15, 0.2) is 30.5 Å². The number of pyridine rings is 1. The van der Waals surface area contributed by atoms with Crippen LogP contribution < -0.4 is 0 Å². The first-order valence-electron chi connectivity index (χ1n) is 6.13. The summed E-state index contributed by atoms with van der Waals surface area (Å²) in [7, 11) is 0. The highest BCUT2D eigenvalue weighted by Crippen LogP contribution is 2.38. The number of alkyl halides is 3. The van der Waals surface area contributed by atoms with Crippen LogP contribution in [0.4, 0.5) is 13.2 Å².